The Morgan fingerprint density at radius 3 is 2.33 bits per heavy atom. The SMILES string of the molecule is CC(C)c1ccccc1NC1CC[N+](C)(C)CC1. The first kappa shape index (κ1) is 13.4. The number of quaternary nitrogens is 1. The fourth-order valence-electron chi connectivity index (χ4n) is 2.76. The van der Waals surface area contributed by atoms with Crippen LogP contribution in [-0.2, 0) is 0 Å². The van der Waals surface area contributed by atoms with Crippen LogP contribution in [0.15, 0.2) is 24.3 Å². The molecule has 2 heteroatoms. The Morgan fingerprint density at radius 2 is 1.72 bits per heavy atom. The summed E-state index contributed by atoms with van der Waals surface area (Å²) in [5.74, 6) is 0.588. The number of likely N-dealkylation sites (tertiary alicyclic amines) is 1. The van der Waals surface area contributed by atoms with E-state index in [4.69, 9.17) is 0 Å². The maximum atomic E-state index is 3.76. The second kappa shape index (κ2) is 5.31. The fourth-order valence-corrected chi connectivity index (χ4v) is 2.76. The molecule has 1 fully saturated rings. The van der Waals surface area contributed by atoms with Crippen LogP contribution in [0.4, 0.5) is 5.69 Å². The van der Waals surface area contributed by atoms with Gasteiger partial charge < -0.3 is 9.80 Å². The summed E-state index contributed by atoms with van der Waals surface area (Å²) in [7, 11) is 4.66. The number of nitrogens with one attached hydrogen (secondary N) is 1. The van der Waals surface area contributed by atoms with Crippen LogP contribution in [0.25, 0.3) is 0 Å². The molecule has 1 aromatic carbocycles. The predicted octanol–water partition coefficient (Wildman–Crippen LogP) is 3.46. The lowest BCUT2D eigenvalue weighted by atomic mass is 9.98. The van der Waals surface area contributed by atoms with Crippen LogP contribution in [0.5, 0.6) is 0 Å². The highest BCUT2D eigenvalue weighted by atomic mass is 15.3. The van der Waals surface area contributed by atoms with Crippen molar-refractivity contribution in [1.82, 2.24) is 0 Å². The van der Waals surface area contributed by atoms with Gasteiger partial charge in [-0.05, 0) is 17.5 Å². The van der Waals surface area contributed by atoms with E-state index in [0.717, 1.165) is 0 Å². The number of para-hydroxylation sites is 1. The maximum absolute atomic E-state index is 3.76. The van der Waals surface area contributed by atoms with Crippen molar-refractivity contribution in [1.29, 1.82) is 0 Å². The van der Waals surface area contributed by atoms with E-state index >= 15 is 0 Å². The molecule has 0 amide bonds. The largest absolute Gasteiger partial charge is 0.382 e. The first-order chi connectivity index (χ1) is 8.48. The standard InChI is InChI=1S/C16H27N2/c1-13(2)15-7-5-6-8-16(15)17-14-9-11-18(3,4)12-10-14/h5-8,13-14,17H,9-12H2,1-4H3/q+1. The molecule has 100 valence electrons. The van der Waals surface area contributed by atoms with Gasteiger partial charge in [0.2, 0.25) is 0 Å². The van der Waals surface area contributed by atoms with Crippen molar-refractivity contribution >= 4 is 5.69 Å². The summed E-state index contributed by atoms with van der Waals surface area (Å²) in [6.07, 6.45) is 2.55. The van der Waals surface area contributed by atoms with Gasteiger partial charge in [-0.3, -0.25) is 0 Å². The number of nitrogens with zero attached hydrogens (tertiary/aromatic N) is 1. The first-order valence-electron chi connectivity index (χ1n) is 7.15. The van der Waals surface area contributed by atoms with Crippen molar-refractivity contribution < 1.29 is 4.48 Å². The number of rotatable bonds is 3. The molecule has 1 aliphatic heterocycles. The Kier molecular flexibility index (Phi) is 3.96. The summed E-state index contributed by atoms with van der Waals surface area (Å²) in [5, 5.41) is 3.76. The third-order valence-corrected chi connectivity index (χ3v) is 4.11. The molecule has 1 saturated heterocycles. The summed E-state index contributed by atoms with van der Waals surface area (Å²) < 4.78 is 1.17. The molecule has 0 aliphatic carbocycles. The number of hydrogen-bond acceptors (Lipinski definition) is 1. The molecule has 0 aromatic heterocycles. The molecule has 0 bridgehead atoms. The third-order valence-electron chi connectivity index (χ3n) is 4.11. The molecule has 1 heterocycles. The van der Waals surface area contributed by atoms with Crippen LogP contribution in [0, 0.1) is 0 Å². The molecule has 1 aliphatic rings. The molecule has 0 saturated carbocycles. The van der Waals surface area contributed by atoms with Crippen LogP contribution in [0.2, 0.25) is 0 Å². The van der Waals surface area contributed by atoms with E-state index in [2.05, 4.69) is 57.5 Å². The van der Waals surface area contributed by atoms with E-state index in [1.807, 2.05) is 0 Å². The molecule has 0 unspecified atom stereocenters. The van der Waals surface area contributed by atoms with Crippen molar-refractivity contribution in [2.45, 2.75) is 38.6 Å². The molecule has 0 radical (unpaired) electrons. The van der Waals surface area contributed by atoms with Gasteiger partial charge in [0.05, 0.1) is 27.2 Å². The van der Waals surface area contributed by atoms with E-state index in [1.54, 1.807) is 0 Å². The van der Waals surface area contributed by atoms with Gasteiger partial charge in [0.15, 0.2) is 0 Å². The molecule has 18 heavy (non-hydrogen) atoms. The molecule has 1 aromatic rings. The molecule has 0 atom stereocenters. The van der Waals surface area contributed by atoms with Crippen LogP contribution in [-0.4, -0.2) is 37.7 Å². The van der Waals surface area contributed by atoms with Crippen LogP contribution < -0.4 is 5.32 Å². The number of benzene rings is 1. The smallest absolute Gasteiger partial charge is 0.0802 e. The van der Waals surface area contributed by atoms with Crippen molar-refractivity contribution in [2.24, 2.45) is 0 Å². The van der Waals surface area contributed by atoms with E-state index in [1.165, 1.54) is 41.7 Å². The summed E-state index contributed by atoms with van der Waals surface area (Å²) in [5.41, 5.74) is 2.78. The topological polar surface area (TPSA) is 12.0 Å². The molecular weight excluding hydrogens is 220 g/mol. The summed E-state index contributed by atoms with van der Waals surface area (Å²) in [6.45, 7) is 7.09. The Morgan fingerprint density at radius 1 is 1.11 bits per heavy atom. The van der Waals surface area contributed by atoms with Gasteiger partial charge in [0, 0.05) is 24.6 Å². The van der Waals surface area contributed by atoms with Crippen LogP contribution in [0.1, 0.15) is 38.2 Å². The average molecular weight is 247 g/mol. The predicted molar refractivity (Wildman–Crippen MR) is 79.0 cm³/mol. The summed E-state index contributed by atoms with van der Waals surface area (Å²) >= 11 is 0. The normalized spacial score (nSPS) is 20.1. The van der Waals surface area contributed by atoms with Gasteiger partial charge in [-0.15, -0.1) is 0 Å². The lowest BCUT2D eigenvalue weighted by Gasteiger charge is -2.38. The highest BCUT2D eigenvalue weighted by Gasteiger charge is 2.26. The highest BCUT2D eigenvalue weighted by molar-refractivity contribution is 5.53. The quantitative estimate of drug-likeness (QED) is 0.807. The lowest BCUT2D eigenvalue weighted by Crippen LogP contribution is -2.49. The fraction of sp³-hybridized carbons (Fsp3) is 0.625. The zero-order valence-corrected chi connectivity index (χ0v) is 12.2. The number of anilines is 1. The Bertz CT molecular complexity index is 386. The average Bonchev–Trinajstić information content (AvgIpc) is 2.32. The second-order valence-electron chi connectivity index (χ2n) is 6.54. The van der Waals surface area contributed by atoms with E-state index in [0.29, 0.717) is 12.0 Å². The zero-order chi connectivity index (χ0) is 13.2. The van der Waals surface area contributed by atoms with Crippen LogP contribution >= 0.6 is 0 Å². The zero-order valence-electron chi connectivity index (χ0n) is 12.2. The highest BCUT2D eigenvalue weighted by Crippen LogP contribution is 2.26. The maximum Gasteiger partial charge on any atom is 0.0802 e. The van der Waals surface area contributed by atoms with Crippen molar-refractivity contribution in [2.75, 3.05) is 32.5 Å². The minimum atomic E-state index is 0.588. The van der Waals surface area contributed by atoms with Crippen molar-refractivity contribution in [3.05, 3.63) is 29.8 Å². The van der Waals surface area contributed by atoms with E-state index in [9.17, 15) is 0 Å². The van der Waals surface area contributed by atoms with Crippen molar-refractivity contribution in [3.8, 4) is 0 Å². The van der Waals surface area contributed by atoms with Gasteiger partial charge >= 0.3 is 0 Å². The van der Waals surface area contributed by atoms with Gasteiger partial charge in [0.1, 0.15) is 0 Å². The van der Waals surface area contributed by atoms with Crippen LogP contribution in [0.3, 0.4) is 0 Å². The Hall–Kier alpha value is -1.02. The van der Waals surface area contributed by atoms with Gasteiger partial charge in [-0.25, -0.2) is 0 Å². The van der Waals surface area contributed by atoms with Gasteiger partial charge in [0.25, 0.3) is 0 Å². The van der Waals surface area contributed by atoms with E-state index < -0.39 is 0 Å². The van der Waals surface area contributed by atoms with Gasteiger partial charge in [-0.2, -0.15) is 0 Å². The van der Waals surface area contributed by atoms with Crippen molar-refractivity contribution in [3.63, 3.8) is 0 Å². The molecule has 2 rings (SSSR count). The van der Waals surface area contributed by atoms with E-state index in [-0.39, 0.29) is 0 Å². The first-order valence-corrected chi connectivity index (χ1v) is 7.15. The number of hydrogen-bond donors (Lipinski definition) is 1. The summed E-state index contributed by atoms with van der Waals surface area (Å²) in [6, 6.07) is 9.40. The molecular formula is C16H27N2+. The number of piperidine rings is 1. The Balaban J connectivity index is 2.02. The second-order valence-corrected chi connectivity index (χ2v) is 6.54. The molecule has 2 nitrogen and oxygen atoms in total. The molecule has 1 N–H and O–H groups in total. The molecule has 0 spiro atoms. The summed E-state index contributed by atoms with van der Waals surface area (Å²) in [4.78, 5) is 0. The minimum Gasteiger partial charge on any atom is -0.382 e. The third kappa shape index (κ3) is 3.26. The lowest BCUT2D eigenvalue weighted by molar-refractivity contribution is -0.895. The van der Waals surface area contributed by atoms with Gasteiger partial charge in [-0.1, -0.05) is 32.0 Å². The monoisotopic (exact) mass is 247 g/mol. The Labute approximate surface area is 112 Å². The minimum absolute atomic E-state index is 0.588.